The summed E-state index contributed by atoms with van der Waals surface area (Å²) in [4.78, 5) is 11.9. The molecule has 0 saturated heterocycles. The van der Waals surface area contributed by atoms with E-state index in [-0.39, 0.29) is 28.4 Å². The molecule has 0 saturated carbocycles. The maximum atomic E-state index is 13.4. The van der Waals surface area contributed by atoms with E-state index in [1.165, 1.54) is 18.2 Å². The number of carbonyl (C=O) groups is 1. The van der Waals surface area contributed by atoms with E-state index in [9.17, 15) is 18.7 Å². The average molecular weight is 298 g/mol. The molecular formula is C14H10ClF2NO2. The number of carbonyl (C=O) groups excluding carboxylic acids is 1. The lowest BCUT2D eigenvalue weighted by atomic mass is 10.1. The highest BCUT2D eigenvalue weighted by Gasteiger charge is 2.12. The molecule has 0 aliphatic carbocycles. The third-order valence-corrected chi connectivity index (χ3v) is 2.97. The van der Waals surface area contributed by atoms with Crippen molar-refractivity contribution in [2.24, 2.45) is 0 Å². The van der Waals surface area contributed by atoms with Gasteiger partial charge in [0.25, 0.3) is 5.91 Å². The normalized spacial score (nSPS) is 10.3. The number of hydrogen-bond acceptors (Lipinski definition) is 2. The number of benzene rings is 2. The highest BCUT2D eigenvalue weighted by Crippen LogP contribution is 2.21. The number of phenols is 1. The summed E-state index contributed by atoms with van der Waals surface area (Å²) in [5, 5.41) is 11.9. The summed E-state index contributed by atoms with van der Waals surface area (Å²) >= 11 is 5.82. The Labute approximate surface area is 118 Å². The van der Waals surface area contributed by atoms with Gasteiger partial charge >= 0.3 is 0 Å². The Morgan fingerprint density at radius 2 is 1.95 bits per heavy atom. The van der Waals surface area contributed by atoms with Gasteiger partial charge in [-0.2, -0.15) is 0 Å². The van der Waals surface area contributed by atoms with Gasteiger partial charge in [-0.1, -0.05) is 11.6 Å². The minimum atomic E-state index is -0.617. The van der Waals surface area contributed by atoms with Crippen molar-refractivity contribution in [2.75, 3.05) is 0 Å². The second-order valence-corrected chi connectivity index (χ2v) is 4.49. The number of amides is 1. The highest BCUT2D eigenvalue weighted by atomic mass is 35.5. The van der Waals surface area contributed by atoms with E-state index < -0.39 is 17.5 Å². The molecule has 0 bridgehead atoms. The van der Waals surface area contributed by atoms with Gasteiger partial charge in [-0.25, -0.2) is 8.78 Å². The molecule has 1 amide bonds. The zero-order chi connectivity index (χ0) is 14.7. The average Bonchev–Trinajstić information content (AvgIpc) is 2.42. The van der Waals surface area contributed by atoms with Crippen LogP contribution in [0.25, 0.3) is 0 Å². The summed E-state index contributed by atoms with van der Waals surface area (Å²) in [7, 11) is 0. The van der Waals surface area contributed by atoms with Crippen LogP contribution in [0.5, 0.6) is 5.75 Å². The SMILES string of the molecule is O=C(NCc1cc(F)ccc1F)c1cc(O)ccc1Cl. The van der Waals surface area contributed by atoms with Crippen molar-refractivity contribution in [1.82, 2.24) is 5.32 Å². The number of rotatable bonds is 3. The Kier molecular flexibility index (Phi) is 4.20. The van der Waals surface area contributed by atoms with Crippen molar-refractivity contribution in [3.8, 4) is 5.75 Å². The molecule has 0 aliphatic heterocycles. The van der Waals surface area contributed by atoms with Crippen LogP contribution in [-0.4, -0.2) is 11.0 Å². The lowest BCUT2D eigenvalue weighted by molar-refractivity contribution is 0.0950. The lowest BCUT2D eigenvalue weighted by Gasteiger charge is -2.08. The number of halogens is 3. The fraction of sp³-hybridized carbons (Fsp3) is 0.0714. The number of nitrogens with one attached hydrogen (secondary N) is 1. The molecule has 2 rings (SSSR count). The van der Waals surface area contributed by atoms with Gasteiger partial charge in [0.1, 0.15) is 17.4 Å². The number of hydrogen-bond donors (Lipinski definition) is 2. The molecule has 0 unspecified atom stereocenters. The molecule has 104 valence electrons. The monoisotopic (exact) mass is 297 g/mol. The summed E-state index contributed by atoms with van der Waals surface area (Å²) in [6.45, 7) is -0.186. The van der Waals surface area contributed by atoms with Crippen LogP contribution in [0.3, 0.4) is 0 Å². The van der Waals surface area contributed by atoms with E-state index >= 15 is 0 Å². The Bertz CT molecular complexity index is 662. The zero-order valence-corrected chi connectivity index (χ0v) is 10.9. The van der Waals surface area contributed by atoms with Gasteiger partial charge in [0.05, 0.1) is 10.6 Å². The van der Waals surface area contributed by atoms with Crippen molar-refractivity contribution in [1.29, 1.82) is 0 Å². The second kappa shape index (κ2) is 5.88. The van der Waals surface area contributed by atoms with E-state index in [2.05, 4.69) is 5.32 Å². The topological polar surface area (TPSA) is 49.3 Å². The van der Waals surface area contributed by atoms with Crippen molar-refractivity contribution in [3.63, 3.8) is 0 Å². The predicted molar refractivity (Wildman–Crippen MR) is 70.6 cm³/mol. The van der Waals surface area contributed by atoms with Gasteiger partial charge in [-0.05, 0) is 36.4 Å². The zero-order valence-electron chi connectivity index (χ0n) is 10.2. The summed E-state index contributed by atoms with van der Waals surface area (Å²) in [5.41, 5.74) is 0.0816. The molecule has 0 aromatic heterocycles. The Balaban J connectivity index is 2.12. The molecule has 0 radical (unpaired) electrons. The molecule has 20 heavy (non-hydrogen) atoms. The van der Waals surface area contributed by atoms with Crippen molar-refractivity contribution in [2.45, 2.75) is 6.54 Å². The van der Waals surface area contributed by atoms with E-state index in [1.807, 2.05) is 0 Å². The maximum Gasteiger partial charge on any atom is 0.253 e. The van der Waals surface area contributed by atoms with Crippen molar-refractivity contribution < 1.29 is 18.7 Å². The van der Waals surface area contributed by atoms with Crippen LogP contribution in [0.1, 0.15) is 15.9 Å². The molecule has 6 heteroatoms. The summed E-state index contributed by atoms with van der Waals surface area (Å²) in [5.74, 6) is -1.91. The summed E-state index contributed by atoms with van der Waals surface area (Å²) in [6.07, 6.45) is 0. The fourth-order valence-electron chi connectivity index (χ4n) is 1.64. The minimum absolute atomic E-state index is 0.0228. The molecule has 0 heterocycles. The molecule has 2 aromatic carbocycles. The van der Waals surface area contributed by atoms with Crippen LogP contribution >= 0.6 is 11.6 Å². The van der Waals surface area contributed by atoms with Crippen LogP contribution in [-0.2, 0) is 6.54 Å². The quantitative estimate of drug-likeness (QED) is 0.913. The molecule has 0 fully saturated rings. The Hall–Kier alpha value is -2.14. The molecule has 2 N–H and O–H groups in total. The molecule has 0 atom stereocenters. The minimum Gasteiger partial charge on any atom is -0.508 e. The lowest BCUT2D eigenvalue weighted by Crippen LogP contribution is -2.23. The molecule has 2 aromatic rings. The first-order valence-corrected chi connectivity index (χ1v) is 6.06. The third-order valence-electron chi connectivity index (χ3n) is 2.64. The van der Waals surface area contributed by atoms with Crippen LogP contribution in [0.4, 0.5) is 8.78 Å². The number of phenolic OH excluding ortho intramolecular Hbond substituents is 1. The Morgan fingerprint density at radius 3 is 2.70 bits per heavy atom. The number of aromatic hydroxyl groups is 1. The largest absolute Gasteiger partial charge is 0.508 e. The van der Waals surface area contributed by atoms with Crippen molar-refractivity contribution >= 4 is 17.5 Å². The summed E-state index contributed by atoms with van der Waals surface area (Å²) in [6, 6.07) is 6.88. The highest BCUT2D eigenvalue weighted by molar-refractivity contribution is 6.33. The smallest absolute Gasteiger partial charge is 0.253 e. The van der Waals surface area contributed by atoms with Crippen LogP contribution in [0, 0.1) is 11.6 Å². The van der Waals surface area contributed by atoms with Gasteiger partial charge in [0.15, 0.2) is 0 Å². The van der Waals surface area contributed by atoms with Gasteiger partial charge in [-0.15, -0.1) is 0 Å². The standard InChI is InChI=1S/C14H10ClF2NO2/c15-12-3-2-10(19)6-11(12)14(20)18-7-8-5-9(16)1-4-13(8)17/h1-6,19H,7H2,(H,18,20). The first-order valence-electron chi connectivity index (χ1n) is 5.68. The maximum absolute atomic E-state index is 13.4. The van der Waals surface area contributed by atoms with E-state index in [0.717, 1.165) is 18.2 Å². The van der Waals surface area contributed by atoms with Crippen LogP contribution in [0.15, 0.2) is 36.4 Å². The molecule has 0 aliphatic rings. The molecule has 0 spiro atoms. The van der Waals surface area contributed by atoms with Crippen LogP contribution < -0.4 is 5.32 Å². The molecule has 3 nitrogen and oxygen atoms in total. The van der Waals surface area contributed by atoms with Gasteiger partial charge in [-0.3, -0.25) is 4.79 Å². The Morgan fingerprint density at radius 1 is 1.20 bits per heavy atom. The molecular weight excluding hydrogens is 288 g/mol. The third kappa shape index (κ3) is 3.24. The van der Waals surface area contributed by atoms with Crippen LogP contribution in [0.2, 0.25) is 5.02 Å². The van der Waals surface area contributed by atoms with E-state index in [4.69, 9.17) is 11.6 Å². The van der Waals surface area contributed by atoms with Gasteiger partial charge < -0.3 is 10.4 Å². The van der Waals surface area contributed by atoms with E-state index in [0.29, 0.717) is 0 Å². The second-order valence-electron chi connectivity index (χ2n) is 4.08. The van der Waals surface area contributed by atoms with Gasteiger partial charge in [0.2, 0.25) is 0 Å². The predicted octanol–water partition coefficient (Wildman–Crippen LogP) is 3.25. The van der Waals surface area contributed by atoms with E-state index in [1.54, 1.807) is 0 Å². The van der Waals surface area contributed by atoms with Crippen molar-refractivity contribution in [3.05, 3.63) is 64.2 Å². The van der Waals surface area contributed by atoms with Gasteiger partial charge in [0, 0.05) is 12.1 Å². The fourth-order valence-corrected chi connectivity index (χ4v) is 1.84. The first kappa shape index (κ1) is 14.3. The first-order chi connectivity index (χ1) is 9.47. The summed E-state index contributed by atoms with van der Waals surface area (Å²) < 4.78 is 26.4.